The molecule has 4 heteroatoms. The lowest BCUT2D eigenvalue weighted by molar-refractivity contribution is 1.23. The summed E-state index contributed by atoms with van der Waals surface area (Å²) >= 11 is 6.01. The van der Waals surface area contributed by atoms with Crippen LogP contribution in [-0.2, 0) is 0 Å². The number of nitrogens with one attached hydrogen (secondary N) is 1. The molecule has 72 valence electrons. The Labute approximate surface area is 86.9 Å². The van der Waals surface area contributed by atoms with Crippen LogP contribution in [0.15, 0.2) is 24.3 Å². The van der Waals surface area contributed by atoms with Crippen molar-refractivity contribution < 1.29 is 0 Å². The van der Waals surface area contributed by atoms with Gasteiger partial charge in [-0.25, -0.2) is 10.8 Å². The topological polar surface area (TPSA) is 50.9 Å². The molecule has 0 saturated carbocycles. The zero-order valence-corrected chi connectivity index (χ0v) is 8.47. The maximum Gasteiger partial charge on any atom is 0.143 e. The lowest BCUT2D eigenvalue weighted by atomic mass is 10.1. The number of para-hydroxylation sites is 1. The fraction of sp³-hybridized carbons (Fsp3) is 0.100. The lowest BCUT2D eigenvalue weighted by Gasteiger charge is -2.06. The highest BCUT2D eigenvalue weighted by Gasteiger charge is 2.04. The SMILES string of the molecule is Cc1cc2cccc(Cl)c2nc1NN. The molecule has 0 saturated heterocycles. The van der Waals surface area contributed by atoms with E-state index in [1.807, 2.05) is 31.2 Å². The summed E-state index contributed by atoms with van der Waals surface area (Å²) in [6.45, 7) is 1.95. The summed E-state index contributed by atoms with van der Waals surface area (Å²) in [7, 11) is 0. The molecule has 1 aromatic heterocycles. The fourth-order valence-electron chi connectivity index (χ4n) is 1.41. The van der Waals surface area contributed by atoms with Crippen LogP contribution in [0.2, 0.25) is 5.02 Å². The van der Waals surface area contributed by atoms with E-state index in [4.69, 9.17) is 17.4 Å². The molecular formula is C10H10ClN3. The van der Waals surface area contributed by atoms with Crippen LogP contribution in [0.5, 0.6) is 0 Å². The van der Waals surface area contributed by atoms with Gasteiger partial charge in [0.15, 0.2) is 0 Å². The number of hydrazine groups is 1. The summed E-state index contributed by atoms with van der Waals surface area (Å²) in [5, 5.41) is 1.66. The number of nitrogen functional groups attached to an aromatic ring is 1. The molecule has 0 unspecified atom stereocenters. The number of hydrogen-bond acceptors (Lipinski definition) is 3. The summed E-state index contributed by atoms with van der Waals surface area (Å²) in [5.74, 6) is 5.99. The van der Waals surface area contributed by atoms with E-state index < -0.39 is 0 Å². The predicted octanol–water partition coefficient (Wildman–Crippen LogP) is 2.48. The Hall–Kier alpha value is -1.32. The average molecular weight is 208 g/mol. The van der Waals surface area contributed by atoms with Crippen molar-refractivity contribution in [2.24, 2.45) is 5.84 Å². The van der Waals surface area contributed by atoms with E-state index in [-0.39, 0.29) is 0 Å². The highest BCUT2D eigenvalue weighted by molar-refractivity contribution is 6.35. The maximum atomic E-state index is 6.01. The van der Waals surface area contributed by atoms with Crippen molar-refractivity contribution in [1.82, 2.24) is 4.98 Å². The summed E-state index contributed by atoms with van der Waals surface area (Å²) in [4.78, 5) is 4.32. The normalized spacial score (nSPS) is 10.5. The second-order valence-electron chi connectivity index (χ2n) is 3.11. The van der Waals surface area contributed by atoms with Crippen molar-refractivity contribution in [3.05, 3.63) is 34.9 Å². The number of aromatic nitrogens is 1. The number of aryl methyl sites for hydroxylation is 1. The first kappa shape index (κ1) is 9.24. The molecule has 2 aromatic rings. The van der Waals surface area contributed by atoms with Crippen molar-refractivity contribution in [1.29, 1.82) is 0 Å². The van der Waals surface area contributed by atoms with Crippen LogP contribution in [0, 0.1) is 6.92 Å². The molecule has 0 aliphatic carbocycles. The summed E-state index contributed by atoms with van der Waals surface area (Å²) in [6, 6.07) is 7.69. The van der Waals surface area contributed by atoms with Crippen LogP contribution in [0.4, 0.5) is 5.82 Å². The molecule has 0 atom stereocenters. The monoisotopic (exact) mass is 207 g/mol. The van der Waals surface area contributed by atoms with Gasteiger partial charge in [0.05, 0.1) is 10.5 Å². The largest absolute Gasteiger partial charge is 0.308 e. The van der Waals surface area contributed by atoms with Gasteiger partial charge in [-0.05, 0) is 24.6 Å². The Morgan fingerprint density at radius 3 is 2.93 bits per heavy atom. The van der Waals surface area contributed by atoms with E-state index in [0.29, 0.717) is 10.8 Å². The third-order valence-corrected chi connectivity index (χ3v) is 2.43. The highest BCUT2D eigenvalue weighted by Crippen LogP contribution is 2.24. The molecule has 0 radical (unpaired) electrons. The van der Waals surface area contributed by atoms with Gasteiger partial charge in [-0.15, -0.1) is 0 Å². The van der Waals surface area contributed by atoms with Crippen molar-refractivity contribution in [3.63, 3.8) is 0 Å². The number of halogens is 1. The first-order valence-electron chi connectivity index (χ1n) is 4.25. The van der Waals surface area contributed by atoms with Crippen molar-refractivity contribution >= 4 is 28.3 Å². The average Bonchev–Trinajstić information content (AvgIpc) is 2.17. The number of nitrogens with two attached hydrogens (primary N) is 1. The van der Waals surface area contributed by atoms with E-state index in [1.165, 1.54) is 0 Å². The number of fused-ring (bicyclic) bond motifs is 1. The number of pyridine rings is 1. The summed E-state index contributed by atoms with van der Waals surface area (Å²) < 4.78 is 0. The van der Waals surface area contributed by atoms with Gasteiger partial charge < -0.3 is 5.43 Å². The van der Waals surface area contributed by atoms with Crippen LogP contribution in [0.3, 0.4) is 0 Å². The minimum atomic E-state index is 0.638. The molecule has 0 spiro atoms. The van der Waals surface area contributed by atoms with Gasteiger partial charge in [0.2, 0.25) is 0 Å². The lowest BCUT2D eigenvalue weighted by Crippen LogP contribution is -2.10. The van der Waals surface area contributed by atoms with Crippen molar-refractivity contribution in [2.75, 3.05) is 5.43 Å². The predicted molar refractivity (Wildman–Crippen MR) is 59.3 cm³/mol. The number of hydrogen-bond donors (Lipinski definition) is 2. The molecule has 1 aromatic carbocycles. The number of anilines is 1. The Balaban J connectivity index is 2.80. The van der Waals surface area contributed by atoms with Gasteiger partial charge in [-0.2, -0.15) is 0 Å². The minimum absolute atomic E-state index is 0.638. The van der Waals surface area contributed by atoms with Gasteiger partial charge in [0.1, 0.15) is 5.82 Å². The zero-order valence-electron chi connectivity index (χ0n) is 7.71. The maximum absolute atomic E-state index is 6.01. The molecule has 0 amide bonds. The smallest absolute Gasteiger partial charge is 0.143 e. The molecule has 0 fully saturated rings. The fourth-order valence-corrected chi connectivity index (χ4v) is 1.64. The molecule has 1 heterocycles. The third-order valence-electron chi connectivity index (χ3n) is 2.12. The van der Waals surface area contributed by atoms with Crippen LogP contribution in [0.25, 0.3) is 10.9 Å². The van der Waals surface area contributed by atoms with Gasteiger partial charge in [0, 0.05) is 5.39 Å². The first-order valence-corrected chi connectivity index (χ1v) is 4.62. The van der Waals surface area contributed by atoms with E-state index in [1.54, 1.807) is 0 Å². The number of benzene rings is 1. The zero-order chi connectivity index (χ0) is 10.1. The molecular weight excluding hydrogens is 198 g/mol. The van der Waals surface area contributed by atoms with Crippen LogP contribution in [0.1, 0.15) is 5.56 Å². The molecule has 3 N–H and O–H groups in total. The Bertz CT molecular complexity index is 482. The van der Waals surface area contributed by atoms with Crippen LogP contribution >= 0.6 is 11.6 Å². The molecule has 14 heavy (non-hydrogen) atoms. The van der Waals surface area contributed by atoms with Crippen molar-refractivity contribution in [2.45, 2.75) is 6.92 Å². The van der Waals surface area contributed by atoms with Gasteiger partial charge in [-0.3, -0.25) is 0 Å². The molecule has 0 aliphatic rings. The van der Waals surface area contributed by atoms with Gasteiger partial charge in [0.25, 0.3) is 0 Å². The molecule has 0 aliphatic heterocycles. The van der Waals surface area contributed by atoms with E-state index in [0.717, 1.165) is 16.5 Å². The standard InChI is InChI=1S/C10H10ClN3/c1-6-5-7-3-2-4-8(11)9(7)13-10(6)14-12/h2-5H,12H2,1H3,(H,13,14). The Morgan fingerprint density at radius 2 is 2.21 bits per heavy atom. The van der Waals surface area contributed by atoms with Crippen LogP contribution < -0.4 is 11.3 Å². The van der Waals surface area contributed by atoms with E-state index >= 15 is 0 Å². The van der Waals surface area contributed by atoms with E-state index in [2.05, 4.69) is 10.4 Å². The molecule has 0 bridgehead atoms. The van der Waals surface area contributed by atoms with Gasteiger partial charge in [-0.1, -0.05) is 23.7 Å². The summed E-state index contributed by atoms with van der Waals surface area (Å²) in [6.07, 6.45) is 0. The molecule has 3 nitrogen and oxygen atoms in total. The second kappa shape index (κ2) is 3.44. The second-order valence-corrected chi connectivity index (χ2v) is 3.52. The van der Waals surface area contributed by atoms with E-state index in [9.17, 15) is 0 Å². The van der Waals surface area contributed by atoms with Gasteiger partial charge >= 0.3 is 0 Å². The quantitative estimate of drug-likeness (QED) is 0.558. The minimum Gasteiger partial charge on any atom is -0.308 e. The van der Waals surface area contributed by atoms with Crippen LogP contribution in [-0.4, -0.2) is 4.98 Å². The Kier molecular flexibility index (Phi) is 2.27. The number of rotatable bonds is 1. The number of nitrogens with zero attached hydrogens (tertiary/aromatic N) is 1. The highest BCUT2D eigenvalue weighted by atomic mass is 35.5. The molecule has 2 rings (SSSR count). The Morgan fingerprint density at radius 1 is 1.43 bits per heavy atom. The third kappa shape index (κ3) is 1.41. The first-order chi connectivity index (χ1) is 6.72. The summed E-state index contributed by atoms with van der Waals surface area (Å²) in [5.41, 5.74) is 4.32. The van der Waals surface area contributed by atoms with Crippen molar-refractivity contribution in [3.8, 4) is 0 Å².